The lowest BCUT2D eigenvalue weighted by molar-refractivity contribution is 0.330. The van der Waals surface area contributed by atoms with E-state index in [9.17, 15) is 0 Å². The molecule has 15 heavy (non-hydrogen) atoms. The highest BCUT2D eigenvalue weighted by Crippen LogP contribution is 2.33. The van der Waals surface area contributed by atoms with Crippen molar-refractivity contribution in [3.63, 3.8) is 0 Å². The highest BCUT2D eigenvalue weighted by Gasteiger charge is 2.20. The van der Waals surface area contributed by atoms with Crippen molar-refractivity contribution in [2.75, 3.05) is 0 Å². The molecular formula is C14H23N. The van der Waals surface area contributed by atoms with Crippen LogP contribution in [0.3, 0.4) is 0 Å². The summed E-state index contributed by atoms with van der Waals surface area (Å²) in [5, 5.41) is 0. The van der Waals surface area contributed by atoms with Crippen molar-refractivity contribution >= 4 is 0 Å². The van der Waals surface area contributed by atoms with Gasteiger partial charge >= 0.3 is 0 Å². The lowest BCUT2D eigenvalue weighted by atomic mass is 9.78. The normalized spacial score (nSPS) is 32.4. The molecule has 0 saturated carbocycles. The molecule has 0 atom stereocenters. The van der Waals surface area contributed by atoms with E-state index in [0.29, 0.717) is 0 Å². The van der Waals surface area contributed by atoms with Crippen molar-refractivity contribution in [1.82, 2.24) is 0 Å². The minimum atomic E-state index is 0.237. The van der Waals surface area contributed by atoms with Crippen LogP contribution in [0.25, 0.3) is 0 Å². The molecule has 0 heterocycles. The number of nitrogens with two attached hydrogens (primary N) is 1. The zero-order chi connectivity index (χ0) is 11.5. The van der Waals surface area contributed by atoms with Gasteiger partial charge in [-0.05, 0) is 35.8 Å². The smallest absolute Gasteiger partial charge is 0.0310 e. The molecule has 0 amide bonds. The fraction of sp³-hybridized carbons (Fsp3) is 0.571. The minimum absolute atomic E-state index is 0.237. The molecule has 1 nitrogen and oxygen atoms in total. The van der Waals surface area contributed by atoms with Crippen molar-refractivity contribution in [2.45, 2.75) is 40.5 Å². The second kappa shape index (κ2) is 4.26. The third-order valence-electron chi connectivity index (χ3n) is 2.98. The Hall–Kier alpha value is -0.980. The molecule has 0 aliphatic heterocycles. The van der Waals surface area contributed by atoms with Crippen LogP contribution in [0.15, 0.2) is 36.1 Å². The number of hydrogen-bond acceptors (Lipinski definition) is 1. The van der Waals surface area contributed by atoms with Gasteiger partial charge in [0.15, 0.2) is 0 Å². The Bertz CT molecular complexity index is 303. The fourth-order valence-electron chi connectivity index (χ4n) is 1.61. The van der Waals surface area contributed by atoms with Crippen LogP contribution in [-0.2, 0) is 0 Å². The highest BCUT2D eigenvalue weighted by atomic mass is 14.5. The molecule has 1 rings (SSSR count). The average Bonchev–Trinajstić information content (AvgIpc) is 2.11. The van der Waals surface area contributed by atoms with E-state index in [1.807, 2.05) is 12.2 Å². The van der Waals surface area contributed by atoms with Crippen molar-refractivity contribution in [3.05, 3.63) is 36.1 Å². The molecule has 0 fully saturated rings. The fourth-order valence-corrected chi connectivity index (χ4v) is 1.61. The van der Waals surface area contributed by atoms with Crippen molar-refractivity contribution in [2.24, 2.45) is 16.6 Å². The lowest BCUT2D eigenvalue weighted by Crippen LogP contribution is -2.15. The van der Waals surface area contributed by atoms with Gasteiger partial charge in [-0.1, -0.05) is 45.9 Å². The van der Waals surface area contributed by atoms with E-state index in [-0.39, 0.29) is 10.8 Å². The van der Waals surface area contributed by atoms with E-state index < -0.39 is 0 Å². The van der Waals surface area contributed by atoms with E-state index in [1.165, 1.54) is 12.8 Å². The van der Waals surface area contributed by atoms with Crippen LogP contribution < -0.4 is 5.73 Å². The zero-order valence-electron chi connectivity index (χ0n) is 10.4. The third kappa shape index (κ3) is 4.37. The summed E-state index contributed by atoms with van der Waals surface area (Å²) in [6.45, 7) is 9.07. The predicted octanol–water partition coefficient (Wildman–Crippen LogP) is 3.79. The van der Waals surface area contributed by atoms with E-state index in [1.54, 1.807) is 0 Å². The largest absolute Gasteiger partial charge is 0.399 e. The Balaban J connectivity index is 2.95. The molecule has 2 N–H and O–H groups in total. The second-order valence-corrected chi connectivity index (χ2v) is 5.84. The molecule has 1 aliphatic rings. The standard InChI is InChI=1S/C14H23N/c1-13(2)8-5-6-12(15)7-9-14(3,4)11-10-13/h5-9H,10-11,15H2,1-4H3/b8-5+,9-7+,12-6+. The predicted molar refractivity (Wildman–Crippen MR) is 67.3 cm³/mol. The van der Waals surface area contributed by atoms with E-state index in [4.69, 9.17) is 5.73 Å². The van der Waals surface area contributed by atoms with Gasteiger partial charge in [-0.25, -0.2) is 0 Å². The molecule has 1 aliphatic carbocycles. The Labute approximate surface area is 93.7 Å². The van der Waals surface area contributed by atoms with Crippen LogP contribution in [0.2, 0.25) is 0 Å². The quantitative estimate of drug-likeness (QED) is 0.639. The van der Waals surface area contributed by atoms with Crippen LogP contribution >= 0.6 is 0 Å². The molecule has 0 aromatic rings. The molecule has 0 aromatic carbocycles. The molecule has 0 aromatic heterocycles. The van der Waals surface area contributed by atoms with Gasteiger partial charge in [-0.2, -0.15) is 0 Å². The Morgan fingerprint density at radius 3 is 2.13 bits per heavy atom. The van der Waals surface area contributed by atoms with Gasteiger partial charge in [-0.15, -0.1) is 0 Å². The van der Waals surface area contributed by atoms with Gasteiger partial charge in [0.1, 0.15) is 0 Å². The summed E-state index contributed by atoms with van der Waals surface area (Å²) in [6, 6.07) is 0. The number of rotatable bonds is 0. The maximum Gasteiger partial charge on any atom is 0.0310 e. The molecule has 0 saturated heterocycles. The summed E-state index contributed by atoms with van der Waals surface area (Å²) in [7, 11) is 0. The van der Waals surface area contributed by atoms with Crippen molar-refractivity contribution < 1.29 is 0 Å². The summed E-state index contributed by atoms with van der Waals surface area (Å²) in [5.41, 5.74) is 7.19. The Morgan fingerprint density at radius 2 is 1.53 bits per heavy atom. The molecule has 0 spiro atoms. The molecular weight excluding hydrogens is 182 g/mol. The first-order valence-electron chi connectivity index (χ1n) is 5.65. The molecule has 0 bridgehead atoms. The van der Waals surface area contributed by atoms with Crippen LogP contribution in [0.4, 0.5) is 0 Å². The van der Waals surface area contributed by atoms with Gasteiger partial charge in [0, 0.05) is 5.70 Å². The first-order chi connectivity index (χ1) is 6.81. The van der Waals surface area contributed by atoms with Gasteiger partial charge in [-0.3, -0.25) is 0 Å². The van der Waals surface area contributed by atoms with E-state index in [2.05, 4.69) is 45.9 Å². The van der Waals surface area contributed by atoms with Gasteiger partial charge in [0.2, 0.25) is 0 Å². The van der Waals surface area contributed by atoms with Crippen LogP contribution in [0.5, 0.6) is 0 Å². The summed E-state index contributed by atoms with van der Waals surface area (Å²) < 4.78 is 0. The molecule has 0 radical (unpaired) electrons. The molecule has 1 heteroatoms. The van der Waals surface area contributed by atoms with Crippen LogP contribution in [0, 0.1) is 10.8 Å². The summed E-state index contributed by atoms with van der Waals surface area (Å²) in [4.78, 5) is 0. The van der Waals surface area contributed by atoms with Crippen molar-refractivity contribution in [3.8, 4) is 0 Å². The van der Waals surface area contributed by atoms with Gasteiger partial charge in [0.25, 0.3) is 0 Å². The third-order valence-corrected chi connectivity index (χ3v) is 2.98. The van der Waals surface area contributed by atoms with Crippen LogP contribution in [0.1, 0.15) is 40.5 Å². The first kappa shape index (κ1) is 12.1. The van der Waals surface area contributed by atoms with Gasteiger partial charge in [0.05, 0.1) is 0 Å². The van der Waals surface area contributed by atoms with E-state index in [0.717, 1.165) is 5.70 Å². The van der Waals surface area contributed by atoms with Crippen LogP contribution in [-0.4, -0.2) is 0 Å². The lowest BCUT2D eigenvalue weighted by Gasteiger charge is -2.27. The minimum Gasteiger partial charge on any atom is -0.399 e. The second-order valence-electron chi connectivity index (χ2n) is 5.84. The Morgan fingerprint density at radius 1 is 1.00 bits per heavy atom. The zero-order valence-corrected chi connectivity index (χ0v) is 10.4. The van der Waals surface area contributed by atoms with Crippen molar-refractivity contribution in [1.29, 1.82) is 0 Å². The first-order valence-corrected chi connectivity index (χ1v) is 5.65. The number of allylic oxidation sites excluding steroid dienone is 5. The SMILES string of the molecule is CC1(C)/C=C/C=C(N)\C=C\C(C)(C)CC1. The summed E-state index contributed by atoms with van der Waals surface area (Å²) in [6.07, 6.45) is 12.9. The average molecular weight is 205 g/mol. The maximum absolute atomic E-state index is 5.86. The summed E-state index contributed by atoms with van der Waals surface area (Å²) >= 11 is 0. The Kier molecular flexibility index (Phi) is 3.43. The topological polar surface area (TPSA) is 26.0 Å². The maximum atomic E-state index is 5.86. The monoisotopic (exact) mass is 205 g/mol. The summed E-state index contributed by atoms with van der Waals surface area (Å²) in [5.74, 6) is 0. The highest BCUT2D eigenvalue weighted by molar-refractivity contribution is 5.23. The van der Waals surface area contributed by atoms with Gasteiger partial charge < -0.3 is 5.73 Å². The van der Waals surface area contributed by atoms with E-state index >= 15 is 0 Å². The molecule has 84 valence electrons. The molecule has 0 unspecified atom stereocenters. The number of hydrogen-bond donors (Lipinski definition) is 1.